The lowest BCUT2D eigenvalue weighted by Crippen LogP contribution is -2.38. The van der Waals surface area contributed by atoms with Crippen LogP contribution in [0.15, 0.2) is 84.8 Å². The third kappa shape index (κ3) is 5.57. The molecule has 0 atom stereocenters. The summed E-state index contributed by atoms with van der Waals surface area (Å²) in [4.78, 5) is 13.2. The molecule has 0 aliphatic carbocycles. The van der Waals surface area contributed by atoms with E-state index in [1.54, 1.807) is 24.9 Å². The van der Waals surface area contributed by atoms with Gasteiger partial charge in [0.05, 0.1) is 12.2 Å². The molecule has 31 heavy (non-hydrogen) atoms. The van der Waals surface area contributed by atoms with E-state index in [0.29, 0.717) is 6.54 Å². The minimum Gasteiger partial charge on any atom is -0.357 e. The molecular formula is C23H26N8. The summed E-state index contributed by atoms with van der Waals surface area (Å²) in [5, 5.41) is 11.0. The lowest BCUT2D eigenvalue weighted by molar-refractivity contribution is 0.798. The summed E-state index contributed by atoms with van der Waals surface area (Å²) in [7, 11) is 0. The zero-order chi connectivity index (χ0) is 21.3. The maximum Gasteiger partial charge on any atom is 0.191 e. The summed E-state index contributed by atoms with van der Waals surface area (Å²) in [6.45, 7) is 4.23. The molecule has 0 bridgehead atoms. The van der Waals surface area contributed by atoms with Crippen LogP contribution in [-0.4, -0.2) is 43.4 Å². The largest absolute Gasteiger partial charge is 0.357 e. The van der Waals surface area contributed by atoms with Crippen molar-refractivity contribution in [2.24, 2.45) is 4.99 Å². The van der Waals surface area contributed by atoms with Crippen molar-refractivity contribution in [1.82, 2.24) is 34.9 Å². The van der Waals surface area contributed by atoms with Gasteiger partial charge in [-0.2, -0.15) is 5.10 Å². The van der Waals surface area contributed by atoms with E-state index in [4.69, 9.17) is 4.99 Å². The average molecular weight is 415 g/mol. The Kier molecular flexibility index (Phi) is 6.69. The molecule has 0 saturated carbocycles. The first-order chi connectivity index (χ1) is 15.3. The van der Waals surface area contributed by atoms with Gasteiger partial charge in [-0.05, 0) is 54.8 Å². The summed E-state index contributed by atoms with van der Waals surface area (Å²) >= 11 is 0. The molecule has 158 valence electrons. The van der Waals surface area contributed by atoms with Gasteiger partial charge in [0.1, 0.15) is 12.1 Å². The summed E-state index contributed by atoms with van der Waals surface area (Å²) in [6.07, 6.45) is 11.8. The summed E-state index contributed by atoms with van der Waals surface area (Å²) in [5.74, 6) is 1.64. The molecule has 8 heteroatoms. The Morgan fingerprint density at radius 3 is 2.65 bits per heavy atom. The molecule has 0 unspecified atom stereocenters. The van der Waals surface area contributed by atoms with E-state index in [-0.39, 0.29) is 0 Å². The number of aromatic nitrogens is 5. The van der Waals surface area contributed by atoms with Crippen molar-refractivity contribution in [2.45, 2.75) is 19.9 Å². The van der Waals surface area contributed by atoms with Gasteiger partial charge in [-0.25, -0.2) is 19.6 Å². The smallest absolute Gasteiger partial charge is 0.191 e. The predicted molar refractivity (Wildman–Crippen MR) is 121 cm³/mol. The van der Waals surface area contributed by atoms with Crippen LogP contribution < -0.4 is 10.6 Å². The van der Waals surface area contributed by atoms with Gasteiger partial charge in [0.2, 0.25) is 0 Å². The van der Waals surface area contributed by atoms with Crippen molar-refractivity contribution in [3.8, 4) is 11.5 Å². The Bertz CT molecular complexity index is 1080. The fraction of sp³-hybridized carbons (Fsp3) is 0.217. The van der Waals surface area contributed by atoms with E-state index < -0.39 is 0 Å². The second-order valence-corrected chi connectivity index (χ2v) is 6.98. The quantitative estimate of drug-likeness (QED) is 0.342. The molecule has 0 saturated heterocycles. The zero-order valence-corrected chi connectivity index (χ0v) is 17.5. The zero-order valence-electron chi connectivity index (χ0n) is 17.5. The van der Waals surface area contributed by atoms with Gasteiger partial charge in [0, 0.05) is 44.1 Å². The van der Waals surface area contributed by atoms with Crippen LogP contribution in [0.1, 0.15) is 18.1 Å². The molecule has 4 aromatic rings. The van der Waals surface area contributed by atoms with Gasteiger partial charge in [-0.1, -0.05) is 12.1 Å². The van der Waals surface area contributed by atoms with E-state index >= 15 is 0 Å². The molecular weight excluding hydrogens is 388 g/mol. The van der Waals surface area contributed by atoms with Crippen LogP contribution in [0, 0.1) is 0 Å². The fourth-order valence-corrected chi connectivity index (χ4v) is 3.17. The topological polar surface area (TPSA) is 85.0 Å². The van der Waals surface area contributed by atoms with Crippen LogP contribution in [0.25, 0.3) is 11.5 Å². The highest BCUT2D eigenvalue weighted by Gasteiger charge is 2.02. The molecule has 0 radical (unpaired) electrons. The Morgan fingerprint density at radius 2 is 1.90 bits per heavy atom. The fourth-order valence-electron chi connectivity index (χ4n) is 3.17. The van der Waals surface area contributed by atoms with Gasteiger partial charge >= 0.3 is 0 Å². The Hall–Kier alpha value is -3.94. The minimum absolute atomic E-state index is 0.568. The van der Waals surface area contributed by atoms with Gasteiger partial charge in [0.25, 0.3) is 0 Å². The van der Waals surface area contributed by atoms with E-state index in [1.807, 2.05) is 39.8 Å². The van der Waals surface area contributed by atoms with Crippen molar-refractivity contribution in [2.75, 3.05) is 13.1 Å². The molecule has 8 nitrogen and oxygen atoms in total. The summed E-state index contributed by atoms with van der Waals surface area (Å²) in [6, 6.07) is 14.4. The van der Waals surface area contributed by atoms with Crippen LogP contribution in [0.4, 0.5) is 0 Å². The second-order valence-electron chi connectivity index (χ2n) is 6.98. The first-order valence-electron chi connectivity index (χ1n) is 10.4. The van der Waals surface area contributed by atoms with Crippen molar-refractivity contribution in [3.63, 3.8) is 0 Å². The van der Waals surface area contributed by atoms with Crippen molar-refractivity contribution in [3.05, 3.63) is 90.9 Å². The van der Waals surface area contributed by atoms with E-state index in [0.717, 1.165) is 42.5 Å². The lowest BCUT2D eigenvalue weighted by atomic mass is 10.1. The van der Waals surface area contributed by atoms with Crippen molar-refractivity contribution < 1.29 is 0 Å². The number of hydrogen-bond donors (Lipinski definition) is 2. The molecule has 0 amide bonds. The molecule has 0 aliphatic rings. The van der Waals surface area contributed by atoms with Gasteiger partial charge in [-0.3, -0.25) is 4.57 Å². The third-order valence-corrected chi connectivity index (χ3v) is 4.75. The maximum absolute atomic E-state index is 4.72. The first-order valence-corrected chi connectivity index (χ1v) is 10.4. The molecule has 3 heterocycles. The number of imidazole rings is 1. The average Bonchev–Trinajstić information content (AvgIpc) is 3.53. The predicted octanol–water partition coefficient (Wildman–Crippen LogP) is 2.75. The Balaban J connectivity index is 1.32. The molecule has 0 spiro atoms. The number of benzene rings is 1. The van der Waals surface area contributed by atoms with Gasteiger partial charge < -0.3 is 10.6 Å². The van der Waals surface area contributed by atoms with Gasteiger partial charge in [-0.15, -0.1) is 0 Å². The number of hydrogen-bond acceptors (Lipinski definition) is 4. The standard InChI is InChI=1S/C23H26N8/c1-2-25-23(28-17-20-9-11-26-22(16-20)30-15-13-24-18-30)27-12-8-19-4-6-21(7-5-19)31-14-3-10-29-31/h3-7,9-11,13-16,18H,2,8,12,17H2,1H3,(H2,25,27,28). The number of aliphatic imine (C=N–C) groups is 1. The van der Waals surface area contributed by atoms with Crippen LogP contribution in [0.2, 0.25) is 0 Å². The molecule has 2 N–H and O–H groups in total. The molecule has 0 aliphatic heterocycles. The number of pyridine rings is 1. The first kappa shape index (κ1) is 20.3. The van der Waals surface area contributed by atoms with E-state index in [2.05, 4.69) is 56.9 Å². The molecule has 3 aromatic heterocycles. The van der Waals surface area contributed by atoms with Crippen LogP contribution >= 0.6 is 0 Å². The third-order valence-electron chi connectivity index (χ3n) is 4.75. The van der Waals surface area contributed by atoms with Gasteiger partial charge in [0.15, 0.2) is 5.96 Å². The minimum atomic E-state index is 0.568. The Morgan fingerprint density at radius 1 is 1.00 bits per heavy atom. The monoisotopic (exact) mass is 414 g/mol. The van der Waals surface area contributed by atoms with E-state index in [1.165, 1.54) is 5.56 Å². The van der Waals surface area contributed by atoms with Crippen LogP contribution in [-0.2, 0) is 13.0 Å². The molecule has 0 fully saturated rings. The second kappa shape index (κ2) is 10.2. The summed E-state index contributed by atoms with van der Waals surface area (Å²) < 4.78 is 3.74. The maximum atomic E-state index is 4.72. The van der Waals surface area contributed by atoms with Crippen LogP contribution in [0.3, 0.4) is 0 Å². The van der Waals surface area contributed by atoms with Crippen molar-refractivity contribution in [1.29, 1.82) is 0 Å². The van der Waals surface area contributed by atoms with Crippen molar-refractivity contribution >= 4 is 5.96 Å². The number of nitrogens with zero attached hydrogens (tertiary/aromatic N) is 6. The number of guanidine groups is 1. The highest BCUT2D eigenvalue weighted by atomic mass is 15.3. The van der Waals surface area contributed by atoms with Crippen LogP contribution in [0.5, 0.6) is 0 Å². The SMILES string of the molecule is CCNC(=NCc1ccnc(-n2ccnc2)c1)NCCc1ccc(-n2cccn2)cc1. The number of rotatable bonds is 8. The Labute approximate surface area is 181 Å². The summed E-state index contributed by atoms with van der Waals surface area (Å²) in [5.41, 5.74) is 3.41. The normalized spacial score (nSPS) is 11.5. The van der Waals surface area contributed by atoms with E-state index in [9.17, 15) is 0 Å². The highest BCUT2D eigenvalue weighted by Crippen LogP contribution is 2.09. The molecule has 1 aromatic carbocycles. The number of nitrogens with one attached hydrogen (secondary N) is 2. The molecule has 4 rings (SSSR count). The lowest BCUT2D eigenvalue weighted by Gasteiger charge is -2.12. The highest BCUT2D eigenvalue weighted by molar-refractivity contribution is 5.79.